The largest absolute Gasteiger partial charge is 0.457 e. The Labute approximate surface area is 185 Å². The third kappa shape index (κ3) is 3.76. The van der Waals surface area contributed by atoms with Crippen LogP contribution in [-0.2, 0) is 17.9 Å². The number of carbonyl (C=O) groups excluding carboxylic acids is 2. The van der Waals surface area contributed by atoms with Crippen LogP contribution in [0.5, 0.6) is 0 Å². The lowest BCUT2D eigenvalue weighted by Gasteiger charge is -2.34. The molecule has 1 saturated heterocycles. The van der Waals surface area contributed by atoms with E-state index in [1.165, 1.54) is 16.4 Å². The van der Waals surface area contributed by atoms with E-state index in [0.717, 1.165) is 42.9 Å². The zero-order chi connectivity index (χ0) is 22.2. The fourth-order valence-corrected chi connectivity index (χ4v) is 4.39. The first-order chi connectivity index (χ1) is 15.5. The summed E-state index contributed by atoms with van der Waals surface area (Å²) in [5.74, 6) is -0.117. The number of amides is 1. The number of carbonyl (C=O) groups is 2. The molecule has 1 fully saturated rings. The van der Waals surface area contributed by atoms with Crippen molar-refractivity contribution in [1.82, 2.24) is 25.0 Å². The highest BCUT2D eigenvalue weighted by atomic mass is 16.5. The zero-order valence-corrected chi connectivity index (χ0v) is 17.7. The average molecular weight is 432 g/mol. The molecule has 9 nitrogen and oxygen atoms in total. The second kappa shape index (κ2) is 8.18. The van der Waals surface area contributed by atoms with Crippen LogP contribution >= 0.6 is 0 Å². The number of rotatable bonds is 5. The Balaban J connectivity index is 1.27. The van der Waals surface area contributed by atoms with E-state index in [0.29, 0.717) is 23.6 Å². The maximum atomic E-state index is 11.8. The van der Waals surface area contributed by atoms with Gasteiger partial charge in [0.15, 0.2) is 5.82 Å². The van der Waals surface area contributed by atoms with Crippen molar-refractivity contribution in [3.8, 4) is 5.82 Å². The molecule has 0 bridgehead atoms. The Morgan fingerprint density at radius 3 is 2.91 bits per heavy atom. The average Bonchev–Trinajstić information content (AvgIpc) is 3.43. The van der Waals surface area contributed by atoms with Crippen molar-refractivity contribution in [1.29, 1.82) is 0 Å². The minimum Gasteiger partial charge on any atom is -0.457 e. The number of cyclic esters (lactones) is 1. The van der Waals surface area contributed by atoms with E-state index < -0.39 is 5.91 Å². The van der Waals surface area contributed by atoms with Crippen LogP contribution in [0.15, 0.2) is 42.9 Å². The minimum atomic E-state index is -0.515. The number of pyridine rings is 1. The van der Waals surface area contributed by atoms with E-state index in [-0.39, 0.29) is 12.0 Å². The van der Waals surface area contributed by atoms with Crippen LogP contribution in [0, 0.1) is 6.92 Å². The van der Waals surface area contributed by atoms with Gasteiger partial charge in [0.25, 0.3) is 5.91 Å². The number of nitrogens with one attached hydrogen (secondary N) is 1. The first-order valence-corrected chi connectivity index (χ1v) is 10.5. The number of esters is 1. The Morgan fingerprint density at radius 2 is 2.16 bits per heavy atom. The van der Waals surface area contributed by atoms with Gasteiger partial charge in [0.2, 0.25) is 0 Å². The van der Waals surface area contributed by atoms with Gasteiger partial charge in [0, 0.05) is 50.2 Å². The van der Waals surface area contributed by atoms with E-state index in [9.17, 15) is 9.59 Å². The molecule has 2 aromatic heterocycles. The van der Waals surface area contributed by atoms with Gasteiger partial charge in [-0.3, -0.25) is 9.69 Å². The number of benzene rings is 1. The van der Waals surface area contributed by atoms with Gasteiger partial charge >= 0.3 is 5.97 Å². The van der Waals surface area contributed by atoms with Crippen LogP contribution in [0.3, 0.4) is 0 Å². The quantitative estimate of drug-likeness (QED) is 0.587. The molecule has 1 atom stereocenters. The maximum Gasteiger partial charge on any atom is 0.338 e. The van der Waals surface area contributed by atoms with Crippen molar-refractivity contribution in [2.45, 2.75) is 26.1 Å². The SMILES string of the molecule is Cc1c([C@@H]2CN(Cc3ccc(-n4cc(C(N)=O)cn4)nc3)CCN2)ccc2c1COC2=O. The van der Waals surface area contributed by atoms with Gasteiger partial charge in [0.05, 0.1) is 17.3 Å². The van der Waals surface area contributed by atoms with E-state index in [1.54, 1.807) is 6.20 Å². The topological polar surface area (TPSA) is 115 Å². The van der Waals surface area contributed by atoms with Crippen molar-refractivity contribution in [3.05, 3.63) is 76.2 Å². The molecule has 9 heteroatoms. The molecular formula is C23H24N6O3. The summed E-state index contributed by atoms with van der Waals surface area (Å²) in [5, 5.41) is 7.74. The molecule has 1 amide bonds. The molecule has 0 radical (unpaired) electrons. The third-order valence-corrected chi connectivity index (χ3v) is 6.16. The van der Waals surface area contributed by atoms with Gasteiger partial charge < -0.3 is 15.8 Å². The second-order valence-corrected chi connectivity index (χ2v) is 8.19. The molecule has 4 heterocycles. The van der Waals surface area contributed by atoms with Crippen LogP contribution in [-0.4, -0.2) is 51.2 Å². The number of ether oxygens (including phenoxy) is 1. The molecular weight excluding hydrogens is 408 g/mol. The lowest BCUT2D eigenvalue weighted by atomic mass is 9.93. The molecule has 5 rings (SSSR count). The number of nitrogens with two attached hydrogens (primary N) is 1. The van der Waals surface area contributed by atoms with E-state index in [4.69, 9.17) is 10.5 Å². The lowest BCUT2D eigenvalue weighted by molar-refractivity contribution is 0.0534. The monoisotopic (exact) mass is 432 g/mol. The normalized spacial score (nSPS) is 18.4. The van der Waals surface area contributed by atoms with Crippen LogP contribution < -0.4 is 11.1 Å². The molecule has 2 aliphatic rings. The summed E-state index contributed by atoms with van der Waals surface area (Å²) in [5.41, 5.74) is 10.8. The first kappa shape index (κ1) is 20.3. The maximum absolute atomic E-state index is 11.8. The second-order valence-electron chi connectivity index (χ2n) is 8.19. The molecule has 164 valence electrons. The number of hydrogen-bond acceptors (Lipinski definition) is 7. The summed E-state index contributed by atoms with van der Waals surface area (Å²) in [4.78, 5) is 30.0. The van der Waals surface area contributed by atoms with E-state index in [1.807, 2.05) is 30.5 Å². The van der Waals surface area contributed by atoms with Crippen LogP contribution in [0.1, 0.15) is 49.0 Å². The molecule has 2 aliphatic heterocycles. The predicted molar refractivity (Wildman–Crippen MR) is 116 cm³/mol. The van der Waals surface area contributed by atoms with Crippen molar-refractivity contribution < 1.29 is 14.3 Å². The molecule has 0 saturated carbocycles. The molecule has 32 heavy (non-hydrogen) atoms. The van der Waals surface area contributed by atoms with Crippen LogP contribution in [0.2, 0.25) is 0 Å². The smallest absolute Gasteiger partial charge is 0.338 e. The van der Waals surface area contributed by atoms with Crippen LogP contribution in [0.25, 0.3) is 5.82 Å². The van der Waals surface area contributed by atoms with Crippen molar-refractivity contribution in [2.75, 3.05) is 19.6 Å². The predicted octanol–water partition coefficient (Wildman–Crippen LogP) is 1.49. The molecule has 3 aromatic rings. The van der Waals surface area contributed by atoms with Gasteiger partial charge in [-0.05, 0) is 35.7 Å². The van der Waals surface area contributed by atoms with Crippen molar-refractivity contribution in [2.24, 2.45) is 5.73 Å². The number of piperazine rings is 1. The summed E-state index contributed by atoms with van der Waals surface area (Å²) < 4.78 is 6.73. The summed E-state index contributed by atoms with van der Waals surface area (Å²) in [7, 11) is 0. The summed E-state index contributed by atoms with van der Waals surface area (Å²) in [6, 6.07) is 8.02. The number of nitrogens with zero attached hydrogens (tertiary/aromatic N) is 4. The highest BCUT2D eigenvalue weighted by molar-refractivity contribution is 5.94. The zero-order valence-electron chi connectivity index (χ0n) is 17.7. The molecule has 0 unspecified atom stereocenters. The highest BCUT2D eigenvalue weighted by Gasteiger charge is 2.28. The summed E-state index contributed by atoms with van der Waals surface area (Å²) in [6.45, 7) is 5.88. The Morgan fingerprint density at radius 1 is 1.28 bits per heavy atom. The van der Waals surface area contributed by atoms with Gasteiger partial charge in [-0.15, -0.1) is 0 Å². The van der Waals surface area contributed by atoms with E-state index in [2.05, 4.69) is 27.2 Å². The first-order valence-electron chi connectivity index (χ1n) is 10.5. The lowest BCUT2D eigenvalue weighted by Crippen LogP contribution is -2.45. The number of aromatic nitrogens is 3. The molecule has 0 aliphatic carbocycles. The molecule has 3 N–H and O–H groups in total. The van der Waals surface area contributed by atoms with Crippen molar-refractivity contribution >= 4 is 11.9 Å². The fraction of sp³-hybridized carbons (Fsp3) is 0.304. The highest BCUT2D eigenvalue weighted by Crippen LogP contribution is 2.30. The van der Waals surface area contributed by atoms with Gasteiger partial charge in [-0.1, -0.05) is 12.1 Å². The van der Waals surface area contributed by atoms with Gasteiger partial charge in [-0.2, -0.15) is 5.10 Å². The number of fused-ring (bicyclic) bond motifs is 1. The minimum absolute atomic E-state index is 0.188. The van der Waals surface area contributed by atoms with E-state index >= 15 is 0 Å². The van der Waals surface area contributed by atoms with Crippen molar-refractivity contribution in [3.63, 3.8) is 0 Å². The van der Waals surface area contributed by atoms with Gasteiger partial charge in [-0.25, -0.2) is 14.5 Å². The third-order valence-electron chi connectivity index (χ3n) is 6.16. The Kier molecular flexibility index (Phi) is 5.20. The van der Waals surface area contributed by atoms with Crippen LogP contribution in [0.4, 0.5) is 0 Å². The molecule has 0 spiro atoms. The Bertz CT molecular complexity index is 1190. The molecule has 1 aromatic carbocycles. The van der Waals surface area contributed by atoms with Gasteiger partial charge in [0.1, 0.15) is 6.61 Å². The fourth-order valence-electron chi connectivity index (χ4n) is 4.39. The number of hydrogen-bond donors (Lipinski definition) is 2. The number of primary amides is 1. The summed E-state index contributed by atoms with van der Waals surface area (Å²) in [6.07, 6.45) is 4.84. The summed E-state index contributed by atoms with van der Waals surface area (Å²) >= 11 is 0. The Hall–Kier alpha value is -3.56. The standard InChI is InChI=1S/C23H24N6O3/c1-14-17(3-4-18-19(14)13-32-23(18)31)20-12-28(7-6-25-20)10-15-2-5-21(26-8-15)29-11-16(9-27-29)22(24)30/h2-5,8-9,11,20,25H,6-7,10,12-13H2,1H3,(H2,24,30)/t20-/m0/s1.